The van der Waals surface area contributed by atoms with Crippen molar-refractivity contribution in [2.45, 2.75) is 18.9 Å². The molecule has 4 rings (SSSR count). The third-order valence-electron chi connectivity index (χ3n) is 4.34. The zero-order valence-electron chi connectivity index (χ0n) is 13.0. The van der Waals surface area contributed by atoms with Crippen LogP contribution in [0.4, 0.5) is 5.95 Å². The summed E-state index contributed by atoms with van der Waals surface area (Å²) in [4.78, 5) is 17.7. The van der Waals surface area contributed by atoms with Crippen LogP contribution in [0, 0.1) is 0 Å². The van der Waals surface area contributed by atoms with E-state index in [0.717, 1.165) is 51.0 Å². The van der Waals surface area contributed by atoms with E-state index in [1.807, 2.05) is 6.07 Å². The van der Waals surface area contributed by atoms with Gasteiger partial charge in [-0.15, -0.1) is 0 Å². The highest BCUT2D eigenvalue weighted by Crippen LogP contribution is 2.22. The molecule has 2 fully saturated rings. The molecule has 2 aliphatic rings. The third kappa shape index (κ3) is 3.32. The minimum Gasteiger partial charge on any atom is -0.381 e. The van der Waals surface area contributed by atoms with Crippen molar-refractivity contribution in [2.75, 3.05) is 44.3 Å². The summed E-state index contributed by atoms with van der Waals surface area (Å²) in [6.07, 6.45) is 4.54. The topological polar surface area (TPSA) is 80.4 Å². The van der Waals surface area contributed by atoms with Gasteiger partial charge in [0, 0.05) is 51.1 Å². The maximum absolute atomic E-state index is 5.39. The number of rotatable bonds is 4. The molecular formula is C15H20N6O2. The van der Waals surface area contributed by atoms with Gasteiger partial charge in [0.1, 0.15) is 0 Å². The van der Waals surface area contributed by atoms with Crippen LogP contribution < -0.4 is 4.90 Å². The lowest BCUT2D eigenvalue weighted by Crippen LogP contribution is -2.46. The largest absolute Gasteiger partial charge is 0.381 e. The van der Waals surface area contributed by atoms with Crippen molar-refractivity contribution in [3.63, 3.8) is 0 Å². The molecule has 8 heteroatoms. The van der Waals surface area contributed by atoms with Gasteiger partial charge in [0.15, 0.2) is 5.82 Å². The van der Waals surface area contributed by atoms with Crippen LogP contribution in [0.25, 0.3) is 0 Å². The van der Waals surface area contributed by atoms with Crippen molar-refractivity contribution in [1.29, 1.82) is 0 Å². The fraction of sp³-hybridized carbons (Fsp3) is 0.600. The standard InChI is InChI=1S/C15H20N6O2/c1-3-16-15(17-4-1)21-7-5-20(6-8-21)10-13-18-14(19-23-13)12-2-9-22-11-12/h1,3-4,12H,2,5-11H2/t12-/m1/s1. The molecule has 2 aromatic rings. The summed E-state index contributed by atoms with van der Waals surface area (Å²) in [5.74, 6) is 2.57. The number of hydrogen-bond donors (Lipinski definition) is 0. The molecule has 0 spiro atoms. The van der Waals surface area contributed by atoms with E-state index in [9.17, 15) is 0 Å². The highest BCUT2D eigenvalue weighted by atomic mass is 16.5. The van der Waals surface area contributed by atoms with Crippen molar-refractivity contribution in [1.82, 2.24) is 25.0 Å². The second-order valence-electron chi connectivity index (χ2n) is 5.92. The number of anilines is 1. The molecule has 0 radical (unpaired) electrons. The van der Waals surface area contributed by atoms with Crippen LogP contribution in [0.5, 0.6) is 0 Å². The molecule has 2 aliphatic heterocycles. The predicted octanol–water partition coefficient (Wildman–Crippen LogP) is 0.686. The van der Waals surface area contributed by atoms with E-state index in [-0.39, 0.29) is 0 Å². The van der Waals surface area contributed by atoms with E-state index in [1.54, 1.807) is 12.4 Å². The Hall–Kier alpha value is -2.06. The van der Waals surface area contributed by atoms with Gasteiger partial charge in [0.2, 0.25) is 11.8 Å². The van der Waals surface area contributed by atoms with Gasteiger partial charge < -0.3 is 14.2 Å². The Morgan fingerprint density at radius 2 is 1.96 bits per heavy atom. The van der Waals surface area contributed by atoms with Crippen LogP contribution in [-0.4, -0.2) is 64.4 Å². The Morgan fingerprint density at radius 3 is 2.70 bits per heavy atom. The normalized spacial score (nSPS) is 22.6. The van der Waals surface area contributed by atoms with Gasteiger partial charge in [-0.05, 0) is 12.5 Å². The first-order chi connectivity index (χ1) is 11.4. The molecule has 2 saturated heterocycles. The number of ether oxygens (including phenoxy) is 1. The lowest BCUT2D eigenvalue weighted by Gasteiger charge is -2.33. The quantitative estimate of drug-likeness (QED) is 0.815. The molecule has 0 aliphatic carbocycles. The molecule has 0 bridgehead atoms. The fourth-order valence-electron chi connectivity index (χ4n) is 2.99. The van der Waals surface area contributed by atoms with Crippen LogP contribution in [0.1, 0.15) is 24.1 Å². The van der Waals surface area contributed by atoms with Gasteiger partial charge in [-0.2, -0.15) is 4.98 Å². The molecule has 1 atom stereocenters. The summed E-state index contributed by atoms with van der Waals surface area (Å²) in [5, 5.41) is 4.10. The smallest absolute Gasteiger partial charge is 0.240 e. The second kappa shape index (κ2) is 6.59. The Morgan fingerprint density at radius 1 is 1.13 bits per heavy atom. The van der Waals surface area contributed by atoms with Crippen LogP contribution in [-0.2, 0) is 11.3 Å². The number of piperazine rings is 1. The van der Waals surface area contributed by atoms with Gasteiger partial charge >= 0.3 is 0 Å². The minimum atomic E-state index is 0.291. The molecule has 0 amide bonds. The summed E-state index contributed by atoms with van der Waals surface area (Å²) in [7, 11) is 0. The Labute approximate surface area is 134 Å². The van der Waals surface area contributed by atoms with Crippen LogP contribution >= 0.6 is 0 Å². The summed E-state index contributed by atoms with van der Waals surface area (Å²) >= 11 is 0. The average molecular weight is 316 g/mol. The lowest BCUT2D eigenvalue weighted by atomic mass is 10.1. The van der Waals surface area contributed by atoms with Crippen molar-refractivity contribution >= 4 is 5.95 Å². The number of aromatic nitrogens is 4. The van der Waals surface area contributed by atoms with Crippen molar-refractivity contribution < 1.29 is 9.26 Å². The van der Waals surface area contributed by atoms with Crippen LogP contribution in [0.3, 0.4) is 0 Å². The predicted molar refractivity (Wildman–Crippen MR) is 82.0 cm³/mol. The van der Waals surface area contributed by atoms with E-state index in [0.29, 0.717) is 25.0 Å². The molecule has 122 valence electrons. The molecule has 0 N–H and O–H groups in total. The van der Waals surface area contributed by atoms with Gasteiger partial charge in [-0.25, -0.2) is 9.97 Å². The van der Waals surface area contributed by atoms with Crippen LogP contribution in [0.2, 0.25) is 0 Å². The van der Waals surface area contributed by atoms with E-state index < -0.39 is 0 Å². The molecule has 0 unspecified atom stereocenters. The van der Waals surface area contributed by atoms with Crippen molar-refractivity contribution in [3.8, 4) is 0 Å². The molecule has 2 aromatic heterocycles. The highest BCUT2D eigenvalue weighted by Gasteiger charge is 2.25. The average Bonchev–Trinajstić information content (AvgIpc) is 3.28. The van der Waals surface area contributed by atoms with Gasteiger partial charge in [0.05, 0.1) is 13.2 Å². The Kier molecular flexibility index (Phi) is 4.16. The van der Waals surface area contributed by atoms with E-state index in [2.05, 4.69) is 29.9 Å². The summed E-state index contributed by atoms with van der Waals surface area (Å²) in [5.41, 5.74) is 0. The summed E-state index contributed by atoms with van der Waals surface area (Å²) in [6, 6.07) is 1.84. The maximum atomic E-state index is 5.39. The van der Waals surface area contributed by atoms with Gasteiger partial charge in [0.25, 0.3) is 0 Å². The molecule has 23 heavy (non-hydrogen) atoms. The number of nitrogens with zero attached hydrogens (tertiary/aromatic N) is 6. The SMILES string of the molecule is c1cnc(N2CCN(Cc3nc([C@@H]4CCOC4)no3)CC2)nc1. The fourth-order valence-corrected chi connectivity index (χ4v) is 2.99. The van der Waals surface area contributed by atoms with E-state index in [4.69, 9.17) is 9.26 Å². The highest BCUT2D eigenvalue weighted by molar-refractivity contribution is 5.29. The first-order valence-electron chi connectivity index (χ1n) is 8.03. The van der Waals surface area contributed by atoms with Crippen molar-refractivity contribution in [2.24, 2.45) is 0 Å². The van der Waals surface area contributed by atoms with Gasteiger partial charge in [-0.1, -0.05) is 5.16 Å². The molecular weight excluding hydrogens is 296 g/mol. The third-order valence-corrected chi connectivity index (χ3v) is 4.34. The van der Waals surface area contributed by atoms with E-state index in [1.165, 1.54) is 0 Å². The summed E-state index contributed by atoms with van der Waals surface area (Å²) < 4.78 is 10.8. The van der Waals surface area contributed by atoms with Gasteiger partial charge in [-0.3, -0.25) is 4.90 Å². The first kappa shape index (κ1) is 14.5. The maximum Gasteiger partial charge on any atom is 0.240 e. The monoisotopic (exact) mass is 316 g/mol. The minimum absolute atomic E-state index is 0.291. The van der Waals surface area contributed by atoms with Crippen LogP contribution in [0.15, 0.2) is 23.0 Å². The second-order valence-corrected chi connectivity index (χ2v) is 5.92. The Balaban J connectivity index is 1.31. The zero-order valence-corrected chi connectivity index (χ0v) is 13.0. The zero-order chi connectivity index (χ0) is 15.5. The lowest BCUT2D eigenvalue weighted by molar-refractivity contribution is 0.192. The number of hydrogen-bond acceptors (Lipinski definition) is 8. The summed E-state index contributed by atoms with van der Waals surface area (Å²) in [6.45, 7) is 5.87. The molecule has 0 aromatic carbocycles. The Bertz CT molecular complexity index is 620. The first-order valence-corrected chi connectivity index (χ1v) is 8.03. The van der Waals surface area contributed by atoms with E-state index >= 15 is 0 Å². The van der Waals surface area contributed by atoms with Crippen molar-refractivity contribution in [3.05, 3.63) is 30.2 Å². The molecule has 0 saturated carbocycles. The molecule has 4 heterocycles. The molecule has 8 nitrogen and oxygen atoms in total.